The van der Waals surface area contributed by atoms with Crippen LogP contribution in [-0.4, -0.2) is 19.6 Å². The molecule has 2 nitrogen and oxygen atoms in total. The summed E-state index contributed by atoms with van der Waals surface area (Å²) in [5.41, 5.74) is 6.16. The summed E-state index contributed by atoms with van der Waals surface area (Å²) in [6, 6.07) is 0.517. The van der Waals surface area contributed by atoms with Crippen LogP contribution in [0.5, 0.6) is 0 Å². The van der Waals surface area contributed by atoms with Crippen molar-refractivity contribution < 1.29 is 0 Å². The summed E-state index contributed by atoms with van der Waals surface area (Å²) in [5.74, 6) is 2.82. The summed E-state index contributed by atoms with van der Waals surface area (Å²) in [5, 5.41) is 3.26. The second-order valence-electron chi connectivity index (χ2n) is 5.33. The fourth-order valence-corrected chi connectivity index (χ4v) is 3.45. The van der Waals surface area contributed by atoms with Gasteiger partial charge in [0.15, 0.2) is 0 Å². The van der Waals surface area contributed by atoms with Gasteiger partial charge in [0.05, 0.1) is 0 Å². The molecule has 2 heteroatoms. The standard InChI is InChI=1S/C12H24N2/c1-14-5-4-10-6-9-2-3-12(13)11(7-9)8-10/h9-12,14H,2-8,13H2,1H3. The van der Waals surface area contributed by atoms with Crippen LogP contribution in [0, 0.1) is 17.8 Å². The van der Waals surface area contributed by atoms with Crippen molar-refractivity contribution >= 4 is 0 Å². The van der Waals surface area contributed by atoms with Crippen molar-refractivity contribution in [1.82, 2.24) is 5.32 Å². The molecule has 82 valence electrons. The summed E-state index contributed by atoms with van der Waals surface area (Å²) in [4.78, 5) is 0. The highest BCUT2D eigenvalue weighted by atomic mass is 14.8. The molecule has 0 aromatic heterocycles. The minimum atomic E-state index is 0.517. The Morgan fingerprint density at radius 1 is 1.21 bits per heavy atom. The molecular weight excluding hydrogens is 172 g/mol. The zero-order valence-corrected chi connectivity index (χ0v) is 9.34. The molecule has 0 aromatic carbocycles. The second-order valence-corrected chi connectivity index (χ2v) is 5.33. The molecule has 14 heavy (non-hydrogen) atoms. The van der Waals surface area contributed by atoms with Crippen molar-refractivity contribution in [1.29, 1.82) is 0 Å². The highest BCUT2D eigenvalue weighted by molar-refractivity contribution is 4.89. The predicted octanol–water partition coefficient (Wildman–Crippen LogP) is 1.75. The number of rotatable bonds is 3. The molecule has 0 saturated heterocycles. The number of fused-ring (bicyclic) bond motifs is 2. The topological polar surface area (TPSA) is 38.0 Å². The molecule has 2 aliphatic carbocycles. The van der Waals surface area contributed by atoms with Crippen molar-refractivity contribution in [3.05, 3.63) is 0 Å². The van der Waals surface area contributed by atoms with E-state index >= 15 is 0 Å². The molecule has 2 bridgehead atoms. The lowest BCUT2D eigenvalue weighted by atomic mass is 9.65. The van der Waals surface area contributed by atoms with Gasteiger partial charge >= 0.3 is 0 Å². The Balaban J connectivity index is 1.85. The van der Waals surface area contributed by atoms with Crippen LogP contribution < -0.4 is 11.1 Å². The van der Waals surface area contributed by atoms with Gasteiger partial charge in [0.2, 0.25) is 0 Å². The first-order valence-electron chi connectivity index (χ1n) is 6.19. The third-order valence-electron chi connectivity index (χ3n) is 4.26. The van der Waals surface area contributed by atoms with Crippen LogP contribution in [0.4, 0.5) is 0 Å². The van der Waals surface area contributed by atoms with E-state index in [-0.39, 0.29) is 0 Å². The molecule has 0 radical (unpaired) electrons. The highest BCUT2D eigenvalue weighted by Gasteiger charge is 2.35. The maximum Gasteiger partial charge on any atom is 0.00674 e. The zero-order valence-electron chi connectivity index (χ0n) is 9.34. The Morgan fingerprint density at radius 2 is 2.07 bits per heavy atom. The van der Waals surface area contributed by atoms with E-state index in [1.165, 1.54) is 45.1 Å². The summed E-state index contributed by atoms with van der Waals surface area (Å²) >= 11 is 0. The van der Waals surface area contributed by atoms with Gasteiger partial charge in [-0.3, -0.25) is 0 Å². The Morgan fingerprint density at radius 3 is 2.86 bits per heavy atom. The minimum absolute atomic E-state index is 0.517. The molecule has 2 saturated carbocycles. The molecule has 4 unspecified atom stereocenters. The minimum Gasteiger partial charge on any atom is -0.327 e. The fourth-order valence-electron chi connectivity index (χ4n) is 3.45. The van der Waals surface area contributed by atoms with E-state index in [2.05, 4.69) is 12.4 Å². The van der Waals surface area contributed by atoms with E-state index in [1.54, 1.807) is 0 Å². The first-order valence-corrected chi connectivity index (χ1v) is 6.19. The van der Waals surface area contributed by atoms with Crippen LogP contribution in [0.2, 0.25) is 0 Å². The van der Waals surface area contributed by atoms with E-state index in [4.69, 9.17) is 5.73 Å². The van der Waals surface area contributed by atoms with Crippen LogP contribution in [0.1, 0.15) is 38.5 Å². The molecule has 2 rings (SSSR count). The summed E-state index contributed by atoms with van der Waals surface area (Å²) < 4.78 is 0. The first-order chi connectivity index (χ1) is 6.79. The van der Waals surface area contributed by atoms with E-state index in [0.29, 0.717) is 6.04 Å². The second kappa shape index (κ2) is 4.63. The van der Waals surface area contributed by atoms with Gasteiger partial charge < -0.3 is 11.1 Å². The Hall–Kier alpha value is -0.0800. The van der Waals surface area contributed by atoms with Gasteiger partial charge in [-0.2, -0.15) is 0 Å². The van der Waals surface area contributed by atoms with Crippen LogP contribution in [0.15, 0.2) is 0 Å². The molecule has 0 amide bonds. The molecule has 2 fully saturated rings. The smallest absolute Gasteiger partial charge is 0.00674 e. The maximum atomic E-state index is 6.16. The van der Waals surface area contributed by atoms with E-state index in [0.717, 1.165) is 17.8 Å². The monoisotopic (exact) mass is 196 g/mol. The van der Waals surface area contributed by atoms with Gasteiger partial charge in [-0.25, -0.2) is 0 Å². The Bertz CT molecular complexity index is 181. The van der Waals surface area contributed by atoms with E-state index in [9.17, 15) is 0 Å². The largest absolute Gasteiger partial charge is 0.327 e. The van der Waals surface area contributed by atoms with Crippen molar-refractivity contribution in [2.24, 2.45) is 23.5 Å². The molecule has 3 N–H and O–H groups in total. The Kier molecular flexibility index (Phi) is 3.45. The average Bonchev–Trinajstić information content (AvgIpc) is 2.21. The van der Waals surface area contributed by atoms with Crippen molar-refractivity contribution in [3.63, 3.8) is 0 Å². The number of nitrogens with two attached hydrogens (primary N) is 1. The zero-order chi connectivity index (χ0) is 9.97. The summed E-state index contributed by atoms with van der Waals surface area (Å²) in [7, 11) is 2.05. The molecule has 2 aliphatic rings. The summed E-state index contributed by atoms with van der Waals surface area (Å²) in [6.07, 6.45) is 8.35. The summed E-state index contributed by atoms with van der Waals surface area (Å²) in [6.45, 7) is 1.18. The van der Waals surface area contributed by atoms with Gasteiger partial charge in [-0.15, -0.1) is 0 Å². The number of nitrogens with one attached hydrogen (secondary N) is 1. The average molecular weight is 196 g/mol. The van der Waals surface area contributed by atoms with Crippen LogP contribution >= 0.6 is 0 Å². The van der Waals surface area contributed by atoms with Gasteiger partial charge in [0, 0.05) is 6.04 Å². The van der Waals surface area contributed by atoms with Crippen LogP contribution in [0.3, 0.4) is 0 Å². The third kappa shape index (κ3) is 2.29. The maximum absolute atomic E-state index is 6.16. The van der Waals surface area contributed by atoms with Crippen molar-refractivity contribution in [2.75, 3.05) is 13.6 Å². The van der Waals surface area contributed by atoms with Crippen molar-refractivity contribution in [3.8, 4) is 0 Å². The SMILES string of the molecule is CNCCC1CC2CCC(N)C(C1)C2. The number of hydrogen-bond acceptors (Lipinski definition) is 2. The molecule has 4 atom stereocenters. The lowest BCUT2D eigenvalue weighted by Crippen LogP contribution is -2.41. The predicted molar refractivity (Wildman–Crippen MR) is 60.1 cm³/mol. The van der Waals surface area contributed by atoms with E-state index in [1.807, 2.05) is 0 Å². The van der Waals surface area contributed by atoms with Gasteiger partial charge in [-0.1, -0.05) is 0 Å². The first kappa shape index (κ1) is 10.4. The normalized spacial score (nSPS) is 42.4. The third-order valence-corrected chi connectivity index (χ3v) is 4.26. The lowest BCUT2D eigenvalue weighted by Gasteiger charge is -2.42. The molecule has 0 heterocycles. The lowest BCUT2D eigenvalue weighted by molar-refractivity contribution is 0.114. The van der Waals surface area contributed by atoms with Gasteiger partial charge in [0.25, 0.3) is 0 Å². The molecular formula is C12H24N2. The quantitative estimate of drug-likeness (QED) is 0.721. The van der Waals surface area contributed by atoms with Crippen LogP contribution in [-0.2, 0) is 0 Å². The number of hydrogen-bond donors (Lipinski definition) is 2. The fraction of sp³-hybridized carbons (Fsp3) is 1.00. The molecule has 0 spiro atoms. The molecule has 0 aromatic rings. The molecule has 0 aliphatic heterocycles. The van der Waals surface area contributed by atoms with Gasteiger partial charge in [0.1, 0.15) is 0 Å². The van der Waals surface area contributed by atoms with Gasteiger partial charge in [-0.05, 0) is 69.9 Å². The Labute approximate surface area is 87.6 Å². The highest BCUT2D eigenvalue weighted by Crippen LogP contribution is 2.42. The van der Waals surface area contributed by atoms with Crippen LogP contribution in [0.25, 0.3) is 0 Å². The van der Waals surface area contributed by atoms with Crippen molar-refractivity contribution in [2.45, 2.75) is 44.6 Å². The van der Waals surface area contributed by atoms with E-state index < -0.39 is 0 Å².